The maximum Gasteiger partial charge on any atom is 0.230 e. The Balaban J connectivity index is 2.02. The number of furan rings is 1. The van der Waals surface area contributed by atoms with Gasteiger partial charge in [0.05, 0.1) is 7.11 Å². The molecule has 0 aliphatic heterocycles. The smallest absolute Gasteiger partial charge is 0.230 e. The monoisotopic (exact) mass is 317 g/mol. The lowest BCUT2D eigenvalue weighted by Crippen LogP contribution is -2.20. The Hall–Kier alpha value is -2.34. The molecule has 0 radical (unpaired) electrons. The number of carbonyl (C=O) groups excluding carboxylic acids is 1. The third kappa shape index (κ3) is 2.82. The number of fused-ring (bicyclic) bond motifs is 3. The fourth-order valence-corrected chi connectivity index (χ4v) is 3.39. The average molecular weight is 317 g/mol. The number of methoxy groups -OCH3 is 1. The van der Waals surface area contributed by atoms with E-state index in [1.165, 1.54) is 0 Å². The van der Waals surface area contributed by atoms with Gasteiger partial charge in [-0.15, -0.1) is 0 Å². The van der Waals surface area contributed by atoms with E-state index in [2.05, 4.69) is 0 Å². The van der Waals surface area contributed by atoms with E-state index in [1.54, 1.807) is 7.11 Å². The van der Waals surface area contributed by atoms with Crippen LogP contribution < -0.4 is 10.5 Å². The van der Waals surface area contributed by atoms with Gasteiger partial charge < -0.3 is 14.9 Å². The van der Waals surface area contributed by atoms with Crippen LogP contribution in [0, 0.1) is 0 Å². The molecule has 22 heavy (non-hydrogen) atoms. The highest BCUT2D eigenvalue weighted by Gasteiger charge is 2.11. The van der Waals surface area contributed by atoms with E-state index in [9.17, 15) is 9.00 Å². The molecule has 2 aromatic carbocycles. The Morgan fingerprint density at radius 1 is 1.18 bits per heavy atom. The number of primary amides is 1. The van der Waals surface area contributed by atoms with Crippen molar-refractivity contribution in [1.29, 1.82) is 0 Å². The van der Waals surface area contributed by atoms with Crippen LogP contribution >= 0.6 is 0 Å². The van der Waals surface area contributed by atoms with E-state index in [-0.39, 0.29) is 11.5 Å². The number of ether oxygens (including phenoxy) is 1. The number of nitrogens with two attached hydrogens (primary N) is 1. The van der Waals surface area contributed by atoms with Gasteiger partial charge in [-0.2, -0.15) is 0 Å². The molecule has 6 heteroatoms. The van der Waals surface area contributed by atoms with Gasteiger partial charge in [-0.1, -0.05) is 6.07 Å². The third-order valence-electron chi connectivity index (χ3n) is 3.37. The van der Waals surface area contributed by atoms with Gasteiger partial charge in [0, 0.05) is 27.3 Å². The Morgan fingerprint density at radius 2 is 1.86 bits per heavy atom. The van der Waals surface area contributed by atoms with Crippen LogP contribution in [0.5, 0.6) is 5.75 Å². The zero-order valence-corrected chi connectivity index (χ0v) is 12.8. The number of benzene rings is 2. The van der Waals surface area contributed by atoms with Crippen molar-refractivity contribution >= 4 is 38.6 Å². The molecule has 0 fully saturated rings. The van der Waals surface area contributed by atoms with Crippen molar-refractivity contribution in [2.45, 2.75) is 5.75 Å². The molecule has 0 aliphatic rings. The van der Waals surface area contributed by atoms with Crippen LogP contribution in [0.1, 0.15) is 5.56 Å². The molecule has 0 bridgehead atoms. The molecule has 3 rings (SSSR count). The Morgan fingerprint density at radius 3 is 2.55 bits per heavy atom. The van der Waals surface area contributed by atoms with Crippen molar-refractivity contribution in [2.75, 3.05) is 12.9 Å². The fourth-order valence-electron chi connectivity index (χ4n) is 2.42. The molecule has 114 valence electrons. The van der Waals surface area contributed by atoms with E-state index in [1.807, 2.05) is 36.4 Å². The lowest BCUT2D eigenvalue weighted by molar-refractivity contribution is -0.115. The van der Waals surface area contributed by atoms with Crippen LogP contribution in [0.4, 0.5) is 0 Å². The molecule has 1 amide bonds. The van der Waals surface area contributed by atoms with Gasteiger partial charge in [0.2, 0.25) is 5.91 Å². The molecule has 1 aromatic heterocycles. The molecule has 2 N–H and O–H groups in total. The molecule has 5 nitrogen and oxygen atoms in total. The maximum absolute atomic E-state index is 11.8. The SMILES string of the molecule is COc1ccc2oc3ccc(CS(=O)CC(N)=O)cc3c2c1. The molecule has 1 heterocycles. The Bertz CT molecular complexity index is 884. The van der Waals surface area contributed by atoms with Crippen LogP contribution in [-0.2, 0) is 21.3 Å². The molecule has 1 atom stereocenters. The number of hydrogen-bond donors (Lipinski definition) is 1. The second-order valence-electron chi connectivity index (χ2n) is 4.99. The van der Waals surface area contributed by atoms with Gasteiger partial charge in [0.1, 0.15) is 22.7 Å². The van der Waals surface area contributed by atoms with E-state index < -0.39 is 16.7 Å². The fraction of sp³-hybridized carbons (Fsp3) is 0.188. The van der Waals surface area contributed by atoms with Crippen molar-refractivity contribution in [3.8, 4) is 5.75 Å². The highest BCUT2D eigenvalue weighted by Crippen LogP contribution is 2.32. The zero-order chi connectivity index (χ0) is 15.7. The first kappa shape index (κ1) is 14.6. The first-order valence-electron chi connectivity index (χ1n) is 6.69. The normalized spacial score (nSPS) is 12.6. The minimum Gasteiger partial charge on any atom is -0.497 e. The lowest BCUT2D eigenvalue weighted by atomic mass is 10.1. The summed E-state index contributed by atoms with van der Waals surface area (Å²) in [4.78, 5) is 10.8. The van der Waals surface area contributed by atoms with Crippen LogP contribution in [0.2, 0.25) is 0 Å². The molecule has 1 unspecified atom stereocenters. The summed E-state index contributed by atoms with van der Waals surface area (Å²) in [5.74, 6) is 0.351. The molecule has 0 aliphatic carbocycles. The quantitative estimate of drug-likeness (QED) is 0.783. The van der Waals surface area contributed by atoms with Crippen LogP contribution in [-0.4, -0.2) is 23.0 Å². The van der Waals surface area contributed by atoms with Crippen LogP contribution in [0.25, 0.3) is 21.9 Å². The van der Waals surface area contributed by atoms with Crippen molar-refractivity contribution in [3.63, 3.8) is 0 Å². The largest absolute Gasteiger partial charge is 0.497 e. The molecular formula is C16H15NO4S. The molecule has 0 saturated heterocycles. The number of rotatable bonds is 5. The predicted molar refractivity (Wildman–Crippen MR) is 86.2 cm³/mol. The summed E-state index contributed by atoms with van der Waals surface area (Å²) in [5, 5.41) is 1.87. The molecule has 0 saturated carbocycles. The van der Waals surface area contributed by atoms with E-state index in [0.717, 1.165) is 33.3 Å². The summed E-state index contributed by atoms with van der Waals surface area (Å²) >= 11 is 0. The van der Waals surface area contributed by atoms with Crippen LogP contribution in [0.15, 0.2) is 40.8 Å². The standard InChI is InChI=1S/C16H15NO4S/c1-20-11-3-5-15-13(7-11)12-6-10(2-4-14(12)21-15)8-22(19)9-16(17)18/h2-7H,8-9H2,1H3,(H2,17,18). The summed E-state index contributed by atoms with van der Waals surface area (Å²) in [6.07, 6.45) is 0. The molecular weight excluding hydrogens is 302 g/mol. The first-order valence-corrected chi connectivity index (χ1v) is 8.18. The highest BCUT2D eigenvalue weighted by atomic mass is 32.2. The highest BCUT2D eigenvalue weighted by molar-refractivity contribution is 7.84. The third-order valence-corrected chi connectivity index (χ3v) is 4.63. The minimum absolute atomic E-state index is 0.127. The summed E-state index contributed by atoms with van der Waals surface area (Å²) < 4.78 is 22.8. The van der Waals surface area contributed by atoms with Crippen molar-refractivity contribution in [3.05, 3.63) is 42.0 Å². The van der Waals surface area contributed by atoms with Crippen molar-refractivity contribution < 1.29 is 18.2 Å². The first-order chi connectivity index (χ1) is 10.6. The number of hydrogen-bond acceptors (Lipinski definition) is 4. The lowest BCUT2D eigenvalue weighted by Gasteiger charge is -2.01. The molecule has 3 aromatic rings. The summed E-state index contributed by atoms with van der Waals surface area (Å²) in [7, 11) is 0.312. The van der Waals surface area contributed by atoms with Gasteiger partial charge >= 0.3 is 0 Å². The second kappa shape index (κ2) is 5.81. The minimum atomic E-state index is -1.30. The van der Waals surface area contributed by atoms with Crippen molar-refractivity contribution in [1.82, 2.24) is 0 Å². The van der Waals surface area contributed by atoms with E-state index in [0.29, 0.717) is 0 Å². The van der Waals surface area contributed by atoms with E-state index in [4.69, 9.17) is 14.9 Å². The Kier molecular flexibility index (Phi) is 3.85. The van der Waals surface area contributed by atoms with Crippen molar-refractivity contribution in [2.24, 2.45) is 5.73 Å². The molecule has 0 spiro atoms. The maximum atomic E-state index is 11.8. The summed E-state index contributed by atoms with van der Waals surface area (Å²) in [6.45, 7) is 0. The number of amides is 1. The van der Waals surface area contributed by atoms with Gasteiger partial charge in [-0.25, -0.2) is 0 Å². The van der Waals surface area contributed by atoms with Gasteiger partial charge in [0.15, 0.2) is 0 Å². The average Bonchev–Trinajstić information content (AvgIpc) is 2.83. The summed E-state index contributed by atoms with van der Waals surface area (Å²) in [6, 6.07) is 11.2. The van der Waals surface area contributed by atoms with Gasteiger partial charge in [0.25, 0.3) is 0 Å². The summed E-state index contributed by atoms with van der Waals surface area (Å²) in [5.41, 5.74) is 7.47. The Labute approximate surface area is 129 Å². The number of carbonyl (C=O) groups is 1. The van der Waals surface area contributed by atoms with E-state index >= 15 is 0 Å². The van der Waals surface area contributed by atoms with Gasteiger partial charge in [-0.3, -0.25) is 9.00 Å². The topological polar surface area (TPSA) is 82.5 Å². The zero-order valence-electron chi connectivity index (χ0n) is 12.0. The second-order valence-corrected chi connectivity index (χ2v) is 6.45. The van der Waals surface area contributed by atoms with Gasteiger partial charge in [-0.05, 0) is 35.9 Å². The predicted octanol–water partition coefficient (Wildman–Crippen LogP) is 2.33. The van der Waals surface area contributed by atoms with Crippen LogP contribution in [0.3, 0.4) is 0 Å².